The number of para-hydroxylation sites is 1. The van der Waals surface area contributed by atoms with Gasteiger partial charge in [-0.2, -0.15) is 0 Å². The van der Waals surface area contributed by atoms with Crippen LogP contribution in [0.1, 0.15) is 10.6 Å². The first-order chi connectivity index (χ1) is 9.63. The standard InChI is InChI=1S/C15H9FINO2/c16-10-5-6-12(11(17)8-10)18-15(19)14-7-9-3-1-2-4-13(9)20-14/h1-8H,(H,18,19). The van der Waals surface area contributed by atoms with Crippen LogP contribution in [-0.2, 0) is 0 Å². The number of hydrogen-bond donors (Lipinski definition) is 1. The molecule has 1 heterocycles. The first-order valence-corrected chi connectivity index (χ1v) is 6.96. The molecule has 1 amide bonds. The average Bonchev–Trinajstić information content (AvgIpc) is 2.86. The van der Waals surface area contributed by atoms with Gasteiger partial charge < -0.3 is 9.73 Å². The van der Waals surface area contributed by atoms with Crippen molar-refractivity contribution in [2.24, 2.45) is 0 Å². The predicted octanol–water partition coefficient (Wildman–Crippen LogP) is 4.43. The molecule has 3 rings (SSSR count). The van der Waals surface area contributed by atoms with Crippen LogP contribution in [0.25, 0.3) is 11.0 Å². The molecule has 0 aliphatic carbocycles. The van der Waals surface area contributed by atoms with Crippen molar-refractivity contribution in [3.63, 3.8) is 0 Å². The van der Waals surface area contributed by atoms with Crippen LogP contribution in [0.3, 0.4) is 0 Å². The van der Waals surface area contributed by atoms with E-state index in [9.17, 15) is 9.18 Å². The lowest BCUT2D eigenvalue weighted by molar-refractivity contribution is 0.0998. The summed E-state index contributed by atoms with van der Waals surface area (Å²) in [7, 11) is 0. The number of carbonyl (C=O) groups excluding carboxylic acids is 1. The topological polar surface area (TPSA) is 42.2 Å². The van der Waals surface area contributed by atoms with E-state index in [1.807, 2.05) is 40.8 Å². The van der Waals surface area contributed by atoms with Crippen molar-refractivity contribution in [1.29, 1.82) is 0 Å². The third-order valence-electron chi connectivity index (χ3n) is 2.83. The third-order valence-corrected chi connectivity index (χ3v) is 3.72. The van der Waals surface area contributed by atoms with E-state index >= 15 is 0 Å². The van der Waals surface area contributed by atoms with Crippen LogP contribution in [0.5, 0.6) is 0 Å². The molecule has 1 N–H and O–H groups in total. The molecule has 5 heteroatoms. The SMILES string of the molecule is O=C(Nc1ccc(F)cc1I)c1cc2ccccc2o1. The second-order valence-electron chi connectivity index (χ2n) is 4.23. The van der Waals surface area contributed by atoms with Gasteiger partial charge in [-0.05, 0) is 52.9 Å². The minimum atomic E-state index is -0.356. The first kappa shape index (κ1) is 13.1. The Morgan fingerprint density at radius 3 is 2.70 bits per heavy atom. The maximum atomic E-state index is 13.0. The zero-order valence-electron chi connectivity index (χ0n) is 10.2. The fourth-order valence-corrected chi connectivity index (χ4v) is 2.48. The van der Waals surface area contributed by atoms with Crippen LogP contribution in [0, 0.1) is 9.39 Å². The minimum Gasteiger partial charge on any atom is -0.451 e. The van der Waals surface area contributed by atoms with E-state index in [1.165, 1.54) is 18.2 Å². The van der Waals surface area contributed by atoms with E-state index < -0.39 is 0 Å². The molecule has 0 aliphatic heterocycles. The minimum absolute atomic E-state index is 0.228. The Labute approximate surface area is 127 Å². The van der Waals surface area contributed by atoms with Gasteiger partial charge in [0.1, 0.15) is 11.4 Å². The Morgan fingerprint density at radius 2 is 1.95 bits per heavy atom. The Bertz CT molecular complexity index is 764. The second kappa shape index (κ2) is 5.24. The largest absolute Gasteiger partial charge is 0.451 e. The molecule has 3 nitrogen and oxygen atoms in total. The van der Waals surface area contributed by atoms with E-state index in [0.29, 0.717) is 14.8 Å². The van der Waals surface area contributed by atoms with Gasteiger partial charge in [0, 0.05) is 8.96 Å². The van der Waals surface area contributed by atoms with Crippen LogP contribution in [0.4, 0.5) is 10.1 Å². The quantitative estimate of drug-likeness (QED) is 0.668. The number of fused-ring (bicyclic) bond motifs is 1. The molecule has 0 saturated carbocycles. The monoisotopic (exact) mass is 381 g/mol. The number of rotatable bonds is 2. The van der Waals surface area contributed by atoms with Gasteiger partial charge in [0.2, 0.25) is 0 Å². The number of hydrogen-bond acceptors (Lipinski definition) is 2. The van der Waals surface area contributed by atoms with Crippen molar-refractivity contribution in [3.8, 4) is 0 Å². The maximum absolute atomic E-state index is 13.0. The highest BCUT2D eigenvalue weighted by molar-refractivity contribution is 14.1. The van der Waals surface area contributed by atoms with E-state index in [4.69, 9.17) is 4.42 Å². The Kier molecular flexibility index (Phi) is 3.43. The summed E-state index contributed by atoms with van der Waals surface area (Å²) in [5.74, 6) is -0.465. The van der Waals surface area contributed by atoms with Gasteiger partial charge in [-0.3, -0.25) is 4.79 Å². The molecule has 20 heavy (non-hydrogen) atoms. The Morgan fingerprint density at radius 1 is 1.15 bits per heavy atom. The number of halogens is 2. The molecular weight excluding hydrogens is 372 g/mol. The number of carbonyl (C=O) groups is 1. The number of anilines is 1. The Hall–Kier alpha value is -1.89. The summed E-state index contributed by atoms with van der Waals surface area (Å²) >= 11 is 1.97. The molecule has 1 aromatic heterocycles. The fraction of sp³-hybridized carbons (Fsp3) is 0. The molecule has 0 aliphatic rings. The zero-order chi connectivity index (χ0) is 14.1. The van der Waals surface area contributed by atoms with Gasteiger partial charge in [-0.1, -0.05) is 18.2 Å². The summed E-state index contributed by atoms with van der Waals surface area (Å²) in [4.78, 5) is 12.1. The summed E-state index contributed by atoms with van der Waals surface area (Å²) in [5.41, 5.74) is 1.21. The van der Waals surface area contributed by atoms with Crippen molar-refractivity contribution in [2.45, 2.75) is 0 Å². The molecule has 0 fully saturated rings. The van der Waals surface area contributed by atoms with Crippen LogP contribution < -0.4 is 5.32 Å². The van der Waals surface area contributed by atoms with Crippen LogP contribution in [0.2, 0.25) is 0 Å². The molecule has 0 saturated heterocycles. The number of furan rings is 1. The number of amides is 1. The molecule has 3 aromatic rings. The van der Waals surface area contributed by atoms with Crippen LogP contribution >= 0.6 is 22.6 Å². The lowest BCUT2D eigenvalue weighted by Gasteiger charge is -2.05. The normalized spacial score (nSPS) is 10.7. The average molecular weight is 381 g/mol. The smallest absolute Gasteiger partial charge is 0.291 e. The van der Waals surface area contributed by atoms with Crippen molar-refractivity contribution in [2.75, 3.05) is 5.32 Å². The second-order valence-corrected chi connectivity index (χ2v) is 5.39. The molecule has 0 bridgehead atoms. The molecule has 100 valence electrons. The fourth-order valence-electron chi connectivity index (χ4n) is 1.87. The third kappa shape index (κ3) is 2.53. The summed E-state index contributed by atoms with van der Waals surface area (Å²) in [6.45, 7) is 0. The van der Waals surface area contributed by atoms with Gasteiger partial charge in [0.05, 0.1) is 5.69 Å². The van der Waals surface area contributed by atoms with Crippen molar-refractivity contribution < 1.29 is 13.6 Å². The lowest BCUT2D eigenvalue weighted by Crippen LogP contribution is -2.11. The number of benzene rings is 2. The zero-order valence-corrected chi connectivity index (χ0v) is 12.3. The van der Waals surface area contributed by atoms with E-state index in [0.717, 1.165) is 5.39 Å². The van der Waals surface area contributed by atoms with Crippen molar-refractivity contribution >= 4 is 45.2 Å². The molecule has 0 spiro atoms. The predicted molar refractivity (Wildman–Crippen MR) is 83.3 cm³/mol. The van der Waals surface area contributed by atoms with Crippen LogP contribution in [0.15, 0.2) is 52.9 Å². The molecule has 2 aromatic carbocycles. The van der Waals surface area contributed by atoms with E-state index in [1.54, 1.807) is 12.1 Å². The summed E-state index contributed by atoms with van der Waals surface area (Å²) in [6, 6.07) is 13.3. The molecule has 0 atom stereocenters. The highest BCUT2D eigenvalue weighted by Crippen LogP contribution is 2.22. The van der Waals surface area contributed by atoms with Gasteiger partial charge in [-0.15, -0.1) is 0 Å². The molecular formula is C15H9FINO2. The molecule has 0 radical (unpaired) electrons. The van der Waals surface area contributed by atoms with Crippen molar-refractivity contribution in [3.05, 3.63) is 63.7 Å². The first-order valence-electron chi connectivity index (χ1n) is 5.88. The van der Waals surface area contributed by atoms with Gasteiger partial charge in [0.25, 0.3) is 5.91 Å². The van der Waals surface area contributed by atoms with Gasteiger partial charge in [0.15, 0.2) is 5.76 Å². The Balaban J connectivity index is 1.89. The maximum Gasteiger partial charge on any atom is 0.291 e. The highest BCUT2D eigenvalue weighted by atomic mass is 127. The summed E-state index contributed by atoms with van der Waals surface area (Å²) in [6.07, 6.45) is 0. The summed E-state index contributed by atoms with van der Waals surface area (Å²) in [5, 5.41) is 3.57. The van der Waals surface area contributed by atoms with E-state index in [2.05, 4.69) is 5.32 Å². The van der Waals surface area contributed by atoms with Crippen LogP contribution in [-0.4, -0.2) is 5.91 Å². The summed E-state index contributed by atoms with van der Waals surface area (Å²) < 4.78 is 19.1. The number of nitrogens with one attached hydrogen (secondary N) is 1. The van der Waals surface area contributed by atoms with Gasteiger partial charge in [-0.25, -0.2) is 4.39 Å². The van der Waals surface area contributed by atoms with Gasteiger partial charge >= 0.3 is 0 Å². The lowest BCUT2D eigenvalue weighted by atomic mass is 10.2. The van der Waals surface area contributed by atoms with E-state index in [-0.39, 0.29) is 17.5 Å². The van der Waals surface area contributed by atoms with Crippen molar-refractivity contribution in [1.82, 2.24) is 0 Å². The molecule has 0 unspecified atom stereocenters. The highest BCUT2D eigenvalue weighted by Gasteiger charge is 2.13.